The number of imidazole rings is 1. The van der Waals surface area contributed by atoms with Gasteiger partial charge in [0.25, 0.3) is 0 Å². The van der Waals surface area contributed by atoms with E-state index in [4.69, 9.17) is 2.74 Å². The molecule has 2 aliphatic heterocycles. The Morgan fingerprint density at radius 1 is 1.13 bits per heavy atom. The van der Waals surface area contributed by atoms with Crippen LogP contribution in [-0.2, 0) is 12.7 Å². The minimum atomic E-state index is -4.71. The number of nitrogens with zero attached hydrogens (tertiary/aromatic N) is 4. The smallest absolute Gasteiger partial charge is 0.298 e. The maximum Gasteiger partial charge on any atom is 0.418 e. The van der Waals surface area contributed by atoms with Crippen LogP contribution in [0.3, 0.4) is 0 Å². The second-order valence-corrected chi connectivity index (χ2v) is 13.0. The fourth-order valence-corrected chi connectivity index (χ4v) is 7.96. The number of alkyl halides is 3. The Bertz CT molecular complexity index is 1370. The van der Waals surface area contributed by atoms with Gasteiger partial charge in [0.05, 0.1) is 23.9 Å². The molecule has 4 atom stereocenters. The zero-order valence-corrected chi connectivity index (χ0v) is 22.6. The number of halogens is 3. The van der Waals surface area contributed by atoms with Gasteiger partial charge >= 0.3 is 11.9 Å². The Balaban J connectivity index is 1.23. The summed E-state index contributed by atoms with van der Waals surface area (Å²) in [6.45, 7) is -0.277. The molecule has 2 aromatic rings. The van der Waals surface area contributed by atoms with E-state index in [1.807, 2.05) is 0 Å². The van der Waals surface area contributed by atoms with Crippen LogP contribution in [0.15, 0.2) is 23.3 Å². The van der Waals surface area contributed by atoms with Crippen LogP contribution in [0.2, 0.25) is 0 Å². The highest BCUT2D eigenvalue weighted by molar-refractivity contribution is 5.56. The summed E-state index contributed by atoms with van der Waals surface area (Å²) >= 11 is 0. The maximum absolute atomic E-state index is 14.4. The van der Waals surface area contributed by atoms with Gasteiger partial charge in [-0.25, -0.2) is 15.6 Å². The number of aromatic nitrogens is 2. The monoisotopic (exact) mass is 548 g/mol. The van der Waals surface area contributed by atoms with Gasteiger partial charge in [-0.3, -0.25) is 18.8 Å². The van der Waals surface area contributed by atoms with Crippen molar-refractivity contribution in [3.8, 4) is 0 Å². The first-order chi connectivity index (χ1) is 19.5. The van der Waals surface area contributed by atoms with E-state index in [2.05, 4.69) is 22.8 Å². The van der Waals surface area contributed by atoms with Crippen LogP contribution in [-0.4, -0.2) is 51.7 Å². The number of likely N-dealkylation sites (tertiary alicyclic amines) is 1. The average molecular weight is 549 g/mol. The lowest BCUT2D eigenvalue weighted by Crippen LogP contribution is -2.50. The summed E-state index contributed by atoms with van der Waals surface area (Å²) in [5.41, 5.74) is 5.08. The molecule has 4 heterocycles. The molecule has 214 valence electrons. The molecular formula is C29H41F3N6O. The summed E-state index contributed by atoms with van der Waals surface area (Å²) < 4.78 is 63.5. The van der Waals surface area contributed by atoms with Crippen LogP contribution in [0.1, 0.15) is 84.1 Å². The molecule has 3 unspecified atom stereocenters. The Hall–Kier alpha value is -1.88. The highest BCUT2D eigenvalue weighted by atomic mass is 19.4. The molecule has 5 fully saturated rings. The third-order valence-electron chi connectivity index (χ3n) is 10.5. The van der Waals surface area contributed by atoms with Crippen LogP contribution in [0.4, 0.5) is 13.2 Å². The van der Waals surface area contributed by atoms with Gasteiger partial charge in [-0.05, 0) is 86.9 Å². The number of pyridine rings is 1. The molecule has 0 amide bonds. The highest BCUT2D eigenvalue weighted by Crippen LogP contribution is 2.53. The molecule has 1 spiro atoms. The van der Waals surface area contributed by atoms with E-state index in [-0.39, 0.29) is 28.7 Å². The third-order valence-corrected chi connectivity index (χ3v) is 10.5. The van der Waals surface area contributed by atoms with Crippen molar-refractivity contribution in [1.82, 2.24) is 29.6 Å². The van der Waals surface area contributed by atoms with Gasteiger partial charge in [-0.15, -0.1) is 0 Å². The van der Waals surface area contributed by atoms with Gasteiger partial charge in [-0.1, -0.05) is 25.7 Å². The van der Waals surface area contributed by atoms with Gasteiger partial charge in [0.2, 0.25) is 0 Å². The van der Waals surface area contributed by atoms with E-state index >= 15 is 0 Å². The second-order valence-electron chi connectivity index (χ2n) is 13.0. The molecule has 7 rings (SSSR count). The van der Waals surface area contributed by atoms with E-state index in [1.165, 1.54) is 36.2 Å². The number of hydrogen-bond donors (Lipinski definition) is 2. The van der Waals surface area contributed by atoms with E-state index in [9.17, 15) is 18.0 Å². The standard InChI is InChI=1S/C29H41F3N6O/c1-35-18-33-34-26(35)25(20-4-2-5-20)21-6-3-7-22(13-21)37-16-24-23(29(30,31)32)12-19(15-38(24)27(37)39)14-36-11-10-28(17-36)8-9-28/h12,15-16,20-22,25-26,33-34H,2-11,13-14,17-18H2,1H3/t21?,22?,25-,26?/m1/s1/i14D2. The molecule has 2 saturated heterocycles. The number of fused-ring (bicyclic) bond motifs is 1. The second kappa shape index (κ2) is 9.60. The lowest BCUT2D eigenvalue weighted by Gasteiger charge is -2.46. The number of hydrazine groups is 1. The van der Waals surface area contributed by atoms with E-state index in [0.29, 0.717) is 30.8 Å². The topological polar surface area (TPSA) is 57.0 Å². The van der Waals surface area contributed by atoms with Gasteiger partial charge in [0.15, 0.2) is 0 Å². The van der Waals surface area contributed by atoms with E-state index in [1.54, 1.807) is 4.90 Å². The molecule has 0 bridgehead atoms. The normalized spacial score (nSPS) is 31.9. The number of hydrogen-bond acceptors (Lipinski definition) is 5. The number of rotatable bonds is 6. The van der Waals surface area contributed by atoms with Crippen molar-refractivity contribution in [2.45, 2.75) is 89.1 Å². The summed E-state index contributed by atoms with van der Waals surface area (Å²) in [6.07, 6.45) is 8.28. The van der Waals surface area contributed by atoms with Crippen LogP contribution < -0.4 is 16.5 Å². The van der Waals surface area contributed by atoms with Gasteiger partial charge in [0.1, 0.15) is 0 Å². The molecule has 5 aliphatic rings. The summed E-state index contributed by atoms with van der Waals surface area (Å²) in [5.74, 6) is 1.40. The fourth-order valence-electron chi connectivity index (χ4n) is 7.96. The lowest BCUT2D eigenvalue weighted by atomic mass is 9.65. The molecule has 0 aromatic carbocycles. The Kier molecular flexibility index (Phi) is 5.86. The minimum Gasteiger partial charge on any atom is -0.298 e. The molecule has 0 radical (unpaired) electrons. The van der Waals surface area contributed by atoms with Gasteiger partial charge in [-0.2, -0.15) is 13.2 Å². The zero-order chi connectivity index (χ0) is 28.7. The largest absolute Gasteiger partial charge is 0.418 e. The lowest BCUT2D eigenvalue weighted by molar-refractivity contribution is -0.136. The summed E-state index contributed by atoms with van der Waals surface area (Å²) in [4.78, 5) is 17.7. The SMILES string of the molecule is [2H]C([2H])(c1cc(C(F)(F)F)c2cn(C3CCCC([C@@H](C4CCC4)C4NNCN4C)C3)c(=O)n2c1)N1CCC2(CC2)C1. The Morgan fingerprint density at radius 2 is 1.90 bits per heavy atom. The van der Waals surface area contributed by atoms with Crippen molar-refractivity contribution in [2.24, 2.45) is 23.2 Å². The van der Waals surface area contributed by atoms with E-state index < -0.39 is 23.9 Å². The van der Waals surface area contributed by atoms with Crippen molar-refractivity contribution in [2.75, 3.05) is 26.8 Å². The molecule has 10 heteroatoms. The predicted octanol–water partition coefficient (Wildman–Crippen LogP) is 4.58. The number of nitrogens with one attached hydrogen (secondary N) is 2. The van der Waals surface area contributed by atoms with Crippen molar-refractivity contribution in [3.05, 3.63) is 40.1 Å². The van der Waals surface area contributed by atoms with Crippen molar-refractivity contribution < 1.29 is 15.9 Å². The van der Waals surface area contributed by atoms with Crippen LogP contribution in [0.5, 0.6) is 0 Å². The molecule has 3 saturated carbocycles. The van der Waals surface area contributed by atoms with Crippen LogP contribution in [0.25, 0.3) is 5.52 Å². The van der Waals surface area contributed by atoms with Crippen molar-refractivity contribution in [3.63, 3.8) is 0 Å². The molecule has 3 aliphatic carbocycles. The first kappa shape index (κ1) is 23.8. The summed E-state index contributed by atoms with van der Waals surface area (Å²) in [6, 6.07) is 0.750. The van der Waals surface area contributed by atoms with Crippen molar-refractivity contribution in [1.29, 1.82) is 0 Å². The molecule has 39 heavy (non-hydrogen) atoms. The first-order valence-corrected chi connectivity index (χ1v) is 14.8. The first-order valence-electron chi connectivity index (χ1n) is 15.8. The molecule has 2 aromatic heterocycles. The molecule has 2 N–H and O–H groups in total. The third kappa shape index (κ3) is 4.75. The zero-order valence-electron chi connectivity index (χ0n) is 24.6. The maximum atomic E-state index is 14.4. The summed E-state index contributed by atoms with van der Waals surface area (Å²) in [5, 5.41) is 0. The average Bonchev–Trinajstić information content (AvgIpc) is 3.18. The van der Waals surface area contributed by atoms with E-state index in [0.717, 1.165) is 62.1 Å². The predicted molar refractivity (Wildman–Crippen MR) is 143 cm³/mol. The highest BCUT2D eigenvalue weighted by Gasteiger charge is 2.48. The Morgan fingerprint density at radius 3 is 2.54 bits per heavy atom. The van der Waals surface area contributed by atoms with Gasteiger partial charge < -0.3 is 0 Å². The molecule has 7 nitrogen and oxygen atoms in total. The summed E-state index contributed by atoms with van der Waals surface area (Å²) in [7, 11) is 2.11. The van der Waals surface area contributed by atoms with Crippen molar-refractivity contribution >= 4 is 5.52 Å². The van der Waals surface area contributed by atoms with Crippen LogP contribution in [0, 0.1) is 23.2 Å². The minimum absolute atomic E-state index is 0.107. The molecular weight excluding hydrogens is 505 g/mol. The Labute approximate surface area is 230 Å². The quantitative estimate of drug-likeness (QED) is 0.554. The van der Waals surface area contributed by atoms with Gasteiger partial charge in [0, 0.05) is 34.2 Å². The fraction of sp³-hybridized carbons (Fsp3) is 0.759. The van der Waals surface area contributed by atoms with Crippen LogP contribution >= 0.6 is 0 Å².